The average molecular weight is 296 g/mol. The maximum Gasteiger partial charge on any atom is 0.433 e. The molecule has 21 heavy (non-hydrogen) atoms. The van der Waals surface area contributed by atoms with Crippen molar-refractivity contribution in [1.82, 2.24) is 9.97 Å². The quantitative estimate of drug-likeness (QED) is 0.925. The van der Waals surface area contributed by atoms with Crippen molar-refractivity contribution in [3.05, 3.63) is 42.4 Å². The molecule has 1 amide bonds. The number of hydrogen-bond donors (Lipinski definition) is 1. The highest BCUT2D eigenvalue weighted by molar-refractivity contribution is 5.98. The molecule has 2 aromatic rings. The van der Waals surface area contributed by atoms with Gasteiger partial charge in [-0.3, -0.25) is 14.7 Å². The number of pyridine rings is 2. The highest BCUT2D eigenvalue weighted by Gasteiger charge is 2.33. The summed E-state index contributed by atoms with van der Waals surface area (Å²) in [6, 6.07) is 4.98. The number of alkyl halides is 3. The van der Waals surface area contributed by atoms with E-state index in [0.717, 1.165) is 17.2 Å². The Morgan fingerprint density at radius 2 is 1.86 bits per heavy atom. The van der Waals surface area contributed by atoms with Gasteiger partial charge in [0.05, 0.1) is 5.69 Å². The number of aromatic nitrogens is 2. The van der Waals surface area contributed by atoms with Gasteiger partial charge >= 0.3 is 6.18 Å². The molecule has 0 atom stereocenters. The van der Waals surface area contributed by atoms with E-state index in [9.17, 15) is 18.0 Å². The molecule has 2 rings (SSSR count). The molecule has 2 N–H and O–H groups in total. The van der Waals surface area contributed by atoms with Crippen LogP contribution in [0, 0.1) is 0 Å². The average Bonchev–Trinajstić information content (AvgIpc) is 2.38. The van der Waals surface area contributed by atoms with E-state index in [-0.39, 0.29) is 11.5 Å². The van der Waals surface area contributed by atoms with Gasteiger partial charge in [-0.25, -0.2) is 4.98 Å². The molecule has 0 bridgehead atoms. The van der Waals surface area contributed by atoms with Gasteiger partial charge in [-0.2, -0.15) is 13.2 Å². The van der Waals surface area contributed by atoms with Crippen LogP contribution < -0.4 is 10.6 Å². The highest BCUT2D eigenvalue weighted by Crippen LogP contribution is 2.32. The summed E-state index contributed by atoms with van der Waals surface area (Å²) in [6.07, 6.45) is -2.24. The second kappa shape index (κ2) is 5.39. The van der Waals surface area contributed by atoms with Crippen molar-refractivity contribution in [2.45, 2.75) is 13.1 Å². The van der Waals surface area contributed by atoms with E-state index < -0.39 is 17.8 Å². The van der Waals surface area contributed by atoms with Gasteiger partial charge in [-0.15, -0.1) is 0 Å². The molecule has 2 aromatic heterocycles. The zero-order valence-electron chi connectivity index (χ0n) is 10.9. The van der Waals surface area contributed by atoms with Crippen LogP contribution in [0.3, 0.4) is 0 Å². The third-order valence-corrected chi connectivity index (χ3v) is 2.61. The molecule has 0 aliphatic rings. The molecule has 8 heteroatoms. The van der Waals surface area contributed by atoms with Crippen LogP contribution in [0.4, 0.5) is 30.4 Å². The zero-order valence-corrected chi connectivity index (χ0v) is 10.9. The Kier molecular flexibility index (Phi) is 3.79. The standard InChI is InChI=1S/C13H11F3N4O/c1-8(21)20(12-6-9(17)2-4-19-12)10-3-5-18-11(7-10)13(14,15)16/h2-7H,1H3,(H2,17,19). The third-order valence-electron chi connectivity index (χ3n) is 2.61. The van der Waals surface area contributed by atoms with Crippen LogP contribution >= 0.6 is 0 Å². The van der Waals surface area contributed by atoms with Crippen molar-refractivity contribution in [2.75, 3.05) is 10.6 Å². The molecule has 5 nitrogen and oxygen atoms in total. The molecule has 110 valence electrons. The largest absolute Gasteiger partial charge is 0.433 e. The lowest BCUT2D eigenvalue weighted by molar-refractivity contribution is -0.141. The lowest BCUT2D eigenvalue weighted by Crippen LogP contribution is -2.24. The minimum Gasteiger partial charge on any atom is -0.399 e. The maximum atomic E-state index is 12.7. The van der Waals surface area contributed by atoms with Crippen LogP contribution in [0.1, 0.15) is 12.6 Å². The lowest BCUT2D eigenvalue weighted by Gasteiger charge is -2.21. The fourth-order valence-corrected chi connectivity index (χ4v) is 1.75. The predicted octanol–water partition coefficient (Wildman–Crippen LogP) is 2.76. The van der Waals surface area contributed by atoms with E-state index in [1.54, 1.807) is 0 Å². The number of carbonyl (C=O) groups excluding carboxylic acids is 1. The van der Waals surface area contributed by atoms with Crippen LogP contribution in [-0.2, 0) is 11.0 Å². The van der Waals surface area contributed by atoms with Crippen LogP contribution in [-0.4, -0.2) is 15.9 Å². The fraction of sp³-hybridized carbons (Fsp3) is 0.154. The topological polar surface area (TPSA) is 72.1 Å². The number of nitrogens with zero attached hydrogens (tertiary/aromatic N) is 3. The van der Waals surface area contributed by atoms with E-state index in [1.807, 2.05) is 0 Å². The summed E-state index contributed by atoms with van der Waals surface area (Å²) in [5.41, 5.74) is 4.88. The number of rotatable bonds is 2. The number of nitrogens with two attached hydrogens (primary N) is 1. The smallest absolute Gasteiger partial charge is 0.399 e. The molecule has 0 saturated carbocycles. The summed E-state index contributed by atoms with van der Waals surface area (Å²) in [5.74, 6) is -0.353. The van der Waals surface area contributed by atoms with E-state index in [2.05, 4.69) is 9.97 Å². The number of halogens is 3. The third kappa shape index (κ3) is 3.28. The number of carbonyl (C=O) groups is 1. The monoisotopic (exact) mass is 296 g/mol. The van der Waals surface area contributed by atoms with Crippen molar-refractivity contribution in [3.63, 3.8) is 0 Å². The SMILES string of the molecule is CC(=O)N(c1ccnc(C(F)(F)F)c1)c1cc(N)ccn1. The normalized spacial score (nSPS) is 11.2. The molecule has 0 aromatic carbocycles. The van der Waals surface area contributed by atoms with Gasteiger partial charge in [0.25, 0.3) is 0 Å². The molecule has 2 heterocycles. The number of anilines is 3. The fourth-order valence-electron chi connectivity index (χ4n) is 1.75. The Morgan fingerprint density at radius 3 is 2.43 bits per heavy atom. The summed E-state index contributed by atoms with van der Waals surface area (Å²) >= 11 is 0. The minimum atomic E-state index is -4.60. The summed E-state index contributed by atoms with van der Waals surface area (Å²) in [5, 5.41) is 0. The maximum absolute atomic E-state index is 12.7. The first-order chi connectivity index (χ1) is 9.79. The van der Waals surface area contributed by atoms with E-state index in [0.29, 0.717) is 5.69 Å². The minimum absolute atomic E-state index is 0.0166. The Bertz CT molecular complexity index is 672. The molecule has 0 aliphatic carbocycles. The first-order valence-corrected chi connectivity index (χ1v) is 5.84. The van der Waals surface area contributed by atoms with Crippen molar-refractivity contribution >= 4 is 23.1 Å². The van der Waals surface area contributed by atoms with Gasteiger partial charge < -0.3 is 5.73 Å². The van der Waals surface area contributed by atoms with Gasteiger partial charge in [0, 0.05) is 31.1 Å². The second-order valence-corrected chi connectivity index (χ2v) is 4.20. The first-order valence-electron chi connectivity index (χ1n) is 5.84. The first kappa shape index (κ1) is 14.8. The van der Waals surface area contributed by atoms with Gasteiger partial charge in [-0.1, -0.05) is 0 Å². The number of hydrogen-bond acceptors (Lipinski definition) is 4. The Morgan fingerprint density at radius 1 is 1.19 bits per heavy atom. The van der Waals surface area contributed by atoms with Gasteiger partial charge in [-0.05, 0) is 18.2 Å². The molecule has 0 unspecified atom stereocenters. The second-order valence-electron chi connectivity index (χ2n) is 4.20. The van der Waals surface area contributed by atoms with Crippen molar-refractivity contribution in [1.29, 1.82) is 0 Å². The zero-order chi connectivity index (χ0) is 15.6. The Balaban J connectivity index is 2.52. The molecule has 0 spiro atoms. The Hall–Kier alpha value is -2.64. The van der Waals surface area contributed by atoms with E-state index >= 15 is 0 Å². The molecular weight excluding hydrogens is 285 g/mol. The predicted molar refractivity (Wildman–Crippen MR) is 70.7 cm³/mol. The Labute approximate surface area is 118 Å². The molecule has 0 aliphatic heterocycles. The summed E-state index contributed by atoms with van der Waals surface area (Å²) in [7, 11) is 0. The van der Waals surface area contributed by atoms with Crippen molar-refractivity contribution in [2.24, 2.45) is 0 Å². The van der Waals surface area contributed by atoms with Crippen LogP contribution in [0.2, 0.25) is 0 Å². The lowest BCUT2D eigenvalue weighted by atomic mass is 10.2. The molecular formula is C13H11F3N4O. The van der Waals surface area contributed by atoms with Crippen LogP contribution in [0.5, 0.6) is 0 Å². The van der Waals surface area contributed by atoms with Gasteiger partial charge in [0.15, 0.2) is 0 Å². The summed E-state index contributed by atoms with van der Waals surface area (Å²) < 4.78 is 38.1. The molecule has 0 fully saturated rings. The van der Waals surface area contributed by atoms with Gasteiger partial charge in [0.2, 0.25) is 5.91 Å². The van der Waals surface area contributed by atoms with E-state index in [4.69, 9.17) is 5.73 Å². The number of amides is 1. The van der Waals surface area contributed by atoms with E-state index in [1.165, 1.54) is 31.3 Å². The highest BCUT2D eigenvalue weighted by atomic mass is 19.4. The van der Waals surface area contributed by atoms with Crippen molar-refractivity contribution in [3.8, 4) is 0 Å². The van der Waals surface area contributed by atoms with Crippen LogP contribution in [0.15, 0.2) is 36.7 Å². The van der Waals surface area contributed by atoms with Crippen molar-refractivity contribution < 1.29 is 18.0 Å². The van der Waals surface area contributed by atoms with Crippen LogP contribution in [0.25, 0.3) is 0 Å². The number of nitrogen functional groups attached to an aromatic ring is 1. The summed E-state index contributed by atoms with van der Waals surface area (Å²) in [4.78, 5) is 20.0. The summed E-state index contributed by atoms with van der Waals surface area (Å²) in [6.45, 7) is 1.22. The molecule has 0 saturated heterocycles. The van der Waals surface area contributed by atoms with Gasteiger partial charge in [0.1, 0.15) is 11.5 Å². The molecule has 0 radical (unpaired) electrons.